The van der Waals surface area contributed by atoms with Gasteiger partial charge in [-0.25, -0.2) is 0 Å². The molecule has 0 saturated carbocycles. The summed E-state index contributed by atoms with van der Waals surface area (Å²) in [6, 6.07) is 13.5. The van der Waals surface area contributed by atoms with Gasteiger partial charge >= 0.3 is 0 Å². The van der Waals surface area contributed by atoms with Crippen molar-refractivity contribution in [3.63, 3.8) is 0 Å². The standard InChI is InChI=1S/C15H16N2OS/c1-10-6-5-7-11(15(16)17)14(10)18-12-8-3-4-9-13(12)19-2/h3-9H,1-2H3,(H3,16,17). The molecule has 0 aromatic heterocycles. The maximum atomic E-state index is 7.63. The topological polar surface area (TPSA) is 59.1 Å². The van der Waals surface area contributed by atoms with Crippen LogP contribution in [0.15, 0.2) is 47.4 Å². The van der Waals surface area contributed by atoms with E-state index in [4.69, 9.17) is 15.9 Å². The molecule has 3 nitrogen and oxygen atoms in total. The quantitative estimate of drug-likeness (QED) is 0.505. The van der Waals surface area contributed by atoms with Crippen LogP contribution < -0.4 is 10.5 Å². The van der Waals surface area contributed by atoms with E-state index in [9.17, 15) is 0 Å². The second kappa shape index (κ2) is 5.80. The van der Waals surface area contributed by atoms with Gasteiger partial charge in [0.2, 0.25) is 0 Å². The van der Waals surface area contributed by atoms with Crippen molar-refractivity contribution in [2.75, 3.05) is 6.26 Å². The van der Waals surface area contributed by atoms with E-state index in [1.54, 1.807) is 17.8 Å². The maximum absolute atomic E-state index is 7.63. The van der Waals surface area contributed by atoms with Gasteiger partial charge in [0.05, 0.1) is 5.56 Å². The summed E-state index contributed by atoms with van der Waals surface area (Å²) in [5, 5.41) is 7.63. The number of nitrogens with one attached hydrogen (secondary N) is 1. The number of nitrogens with two attached hydrogens (primary N) is 1. The highest BCUT2D eigenvalue weighted by Gasteiger charge is 2.12. The average Bonchev–Trinajstić information content (AvgIpc) is 2.41. The van der Waals surface area contributed by atoms with Gasteiger partial charge in [-0.1, -0.05) is 24.3 Å². The van der Waals surface area contributed by atoms with Crippen LogP contribution in [0, 0.1) is 12.3 Å². The van der Waals surface area contributed by atoms with E-state index in [-0.39, 0.29) is 5.84 Å². The molecule has 0 aliphatic heterocycles. The van der Waals surface area contributed by atoms with E-state index in [2.05, 4.69) is 0 Å². The smallest absolute Gasteiger partial charge is 0.141 e. The normalized spacial score (nSPS) is 10.2. The second-order valence-corrected chi connectivity index (χ2v) is 4.97. The number of hydrogen-bond acceptors (Lipinski definition) is 3. The van der Waals surface area contributed by atoms with Gasteiger partial charge in [-0.3, -0.25) is 5.41 Å². The molecule has 0 heterocycles. The van der Waals surface area contributed by atoms with Crippen molar-refractivity contribution in [3.8, 4) is 11.5 Å². The molecule has 98 valence electrons. The first-order chi connectivity index (χ1) is 9.13. The van der Waals surface area contributed by atoms with E-state index < -0.39 is 0 Å². The van der Waals surface area contributed by atoms with Crippen molar-refractivity contribution in [3.05, 3.63) is 53.6 Å². The molecule has 4 heteroatoms. The Balaban J connectivity index is 2.46. The minimum atomic E-state index is 0.0142. The van der Waals surface area contributed by atoms with E-state index in [1.807, 2.05) is 49.6 Å². The SMILES string of the molecule is CSc1ccccc1Oc1c(C)cccc1C(=N)N. The van der Waals surface area contributed by atoms with Gasteiger partial charge in [0.15, 0.2) is 0 Å². The Hall–Kier alpha value is -1.94. The van der Waals surface area contributed by atoms with Crippen molar-refractivity contribution in [2.45, 2.75) is 11.8 Å². The largest absolute Gasteiger partial charge is 0.455 e. The molecule has 0 amide bonds. The van der Waals surface area contributed by atoms with Crippen molar-refractivity contribution in [1.82, 2.24) is 0 Å². The number of hydrogen-bond donors (Lipinski definition) is 2. The predicted molar refractivity (Wildman–Crippen MR) is 80.5 cm³/mol. The highest BCUT2D eigenvalue weighted by Crippen LogP contribution is 2.34. The van der Waals surface area contributed by atoms with E-state index in [0.29, 0.717) is 11.3 Å². The molecule has 2 aromatic carbocycles. The summed E-state index contributed by atoms with van der Waals surface area (Å²) in [6.07, 6.45) is 2.01. The summed E-state index contributed by atoms with van der Waals surface area (Å²) < 4.78 is 5.98. The molecular formula is C15H16N2OS. The predicted octanol–water partition coefficient (Wildman–Crippen LogP) is 3.79. The Morgan fingerprint density at radius 1 is 1.16 bits per heavy atom. The van der Waals surface area contributed by atoms with Gasteiger partial charge in [0.1, 0.15) is 17.3 Å². The first-order valence-electron chi connectivity index (χ1n) is 5.88. The average molecular weight is 272 g/mol. The van der Waals surface area contributed by atoms with Crippen LogP contribution in [0.2, 0.25) is 0 Å². The van der Waals surface area contributed by atoms with E-state index >= 15 is 0 Å². The second-order valence-electron chi connectivity index (χ2n) is 4.12. The van der Waals surface area contributed by atoms with Gasteiger partial charge in [0.25, 0.3) is 0 Å². The Morgan fingerprint density at radius 2 is 1.89 bits per heavy atom. The number of aryl methyl sites for hydroxylation is 1. The van der Waals surface area contributed by atoms with Crippen LogP contribution in [0.1, 0.15) is 11.1 Å². The Labute approximate surface area is 117 Å². The van der Waals surface area contributed by atoms with Gasteiger partial charge in [0, 0.05) is 4.90 Å². The van der Waals surface area contributed by atoms with Gasteiger partial charge in [-0.05, 0) is 36.9 Å². The lowest BCUT2D eigenvalue weighted by atomic mass is 10.1. The molecule has 0 unspecified atom stereocenters. The molecule has 0 aliphatic carbocycles. The fourth-order valence-corrected chi connectivity index (χ4v) is 2.34. The number of rotatable bonds is 4. The van der Waals surface area contributed by atoms with Crippen molar-refractivity contribution in [1.29, 1.82) is 5.41 Å². The first-order valence-corrected chi connectivity index (χ1v) is 7.11. The first kappa shape index (κ1) is 13.5. The van der Waals surface area contributed by atoms with Gasteiger partial charge < -0.3 is 10.5 Å². The molecule has 2 aromatic rings. The Kier molecular flexibility index (Phi) is 4.12. The zero-order valence-electron chi connectivity index (χ0n) is 10.9. The van der Waals surface area contributed by atoms with Gasteiger partial charge in [-0.2, -0.15) is 0 Å². The Morgan fingerprint density at radius 3 is 2.58 bits per heavy atom. The molecule has 0 saturated heterocycles. The molecule has 19 heavy (non-hydrogen) atoms. The Bertz CT molecular complexity index is 611. The molecule has 0 radical (unpaired) electrons. The lowest BCUT2D eigenvalue weighted by Gasteiger charge is -2.14. The molecule has 3 N–H and O–H groups in total. The molecule has 0 spiro atoms. The van der Waals surface area contributed by atoms with Crippen molar-refractivity contribution in [2.24, 2.45) is 5.73 Å². The molecule has 0 bridgehead atoms. The van der Waals surface area contributed by atoms with Crippen LogP contribution in [-0.4, -0.2) is 12.1 Å². The number of para-hydroxylation sites is 2. The third kappa shape index (κ3) is 2.90. The van der Waals surface area contributed by atoms with Crippen LogP contribution in [0.4, 0.5) is 0 Å². The minimum absolute atomic E-state index is 0.0142. The van der Waals surface area contributed by atoms with E-state index in [0.717, 1.165) is 16.2 Å². The lowest BCUT2D eigenvalue weighted by molar-refractivity contribution is 0.466. The maximum Gasteiger partial charge on any atom is 0.141 e. The fraction of sp³-hybridized carbons (Fsp3) is 0.133. The minimum Gasteiger partial charge on any atom is -0.455 e. The zero-order chi connectivity index (χ0) is 13.8. The summed E-state index contributed by atoms with van der Waals surface area (Å²) in [7, 11) is 0. The monoisotopic (exact) mass is 272 g/mol. The number of thioether (sulfide) groups is 1. The molecule has 2 rings (SSSR count). The summed E-state index contributed by atoms with van der Waals surface area (Å²) in [6.45, 7) is 1.95. The number of benzene rings is 2. The van der Waals surface area contributed by atoms with Crippen molar-refractivity contribution >= 4 is 17.6 Å². The number of ether oxygens (including phenoxy) is 1. The van der Waals surface area contributed by atoms with Crippen LogP contribution in [0.3, 0.4) is 0 Å². The highest BCUT2D eigenvalue weighted by molar-refractivity contribution is 7.98. The number of amidine groups is 1. The fourth-order valence-electron chi connectivity index (χ4n) is 1.81. The summed E-state index contributed by atoms with van der Waals surface area (Å²) in [5.74, 6) is 1.45. The summed E-state index contributed by atoms with van der Waals surface area (Å²) in [5.41, 5.74) is 7.19. The highest BCUT2D eigenvalue weighted by atomic mass is 32.2. The van der Waals surface area contributed by atoms with Gasteiger partial charge in [-0.15, -0.1) is 11.8 Å². The molecule has 0 aliphatic rings. The van der Waals surface area contributed by atoms with E-state index in [1.165, 1.54) is 0 Å². The summed E-state index contributed by atoms with van der Waals surface area (Å²) in [4.78, 5) is 1.06. The van der Waals surface area contributed by atoms with Crippen LogP contribution in [-0.2, 0) is 0 Å². The molecular weight excluding hydrogens is 256 g/mol. The molecule has 0 fully saturated rings. The third-order valence-electron chi connectivity index (χ3n) is 2.78. The zero-order valence-corrected chi connectivity index (χ0v) is 11.8. The third-order valence-corrected chi connectivity index (χ3v) is 3.56. The molecule has 0 atom stereocenters. The van der Waals surface area contributed by atoms with Crippen LogP contribution in [0.25, 0.3) is 0 Å². The number of nitrogen functional groups attached to an aromatic ring is 1. The van der Waals surface area contributed by atoms with Crippen LogP contribution in [0.5, 0.6) is 11.5 Å². The van der Waals surface area contributed by atoms with Crippen molar-refractivity contribution < 1.29 is 4.74 Å². The van der Waals surface area contributed by atoms with Crippen LogP contribution >= 0.6 is 11.8 Å². The lowest BCUT2D eigenvalue weighted by Crippen LogP contribution is -2.12. The summed E-state index contributed by atoms with van der Waals surface area (Å²) >= 11 is 1.62.